The highest BCUT2D eigenvalue weighted by molar-refractivity contribution is 4.80. The first-order valence-electron chi connectivity index (χ1n) is 5.14. The maximum absolute atomic E-state index is 8.93. The van der Waals surface area contributed by atoms with Gasteiger partial charge in [-0.05, 0) is 32.1 Å². The van der Waals surface area contributed by atoms with Gasteiger partial charge in [0, 0.05) is 12.6 Å². The zero-order valence-corrected chi connectivity index (χ0v) is 10.3. The molecule has 0 aliphatic rings. The van der Waals surface area contributed by atoms with Crippen molar-refractivity contribution in [1.29, 1.82) is 0 Å². The minimum Gasteiger partial charge on any atom is -0.381 e. The van der Waals surface area contributed by atoms with Crippen LogP contribution in [0, 0.1) is 5.41 Å². The molecule has 0 bridgehead atoms. The number of methoxy groups -OCH3 is 1. The van der Waals surface area contributed by atoms with Crippen LogP contribution in [0.15, 0.2) is 0 Å². The van der Waals surface area contributed by atoms with Gasteiger partial charge in [0.15, 0.2) is 0 Å². The summed E-state index contributed by atoms with van der Waals surface area (Å²) < 4.78 is 5.41. The van der Waals surface area contributed by atoms with Gasteiger partial charge in [-0.3, -0.25) is 0 Å². The predicted molar refractivity (Wildman–Crippen MR) is 58.5 cm³/mol. The fraction of sp³-hybridized carbons (Fsp3) is 1.00. The molecular weight excluding hydrogens is 178 g/mol. The molecule has 0 saturated heterocycles. The molecule has 0 aromatic carbocycles. The molecule has 0 spiro atoms. The summed E-state index contributed by atoms with van der Waals surface area (Å²) in [6, 6.07) is 0. The van der Waals surface area contributed by atoms with Crippen LogP contribution in [-0.2, 0) is 4.74 Å². The van der Waals surface area contributed by atoms with Gasteiger partial charge in [0.1, 0.15) is 0 Å². The van der Waals surface area contributed by atoms with Gasteiger partial charge in [0.2, 0.25) is 0 Å². The van der Waals surface area contributed by atoms with Crippen molar-refractivity contribution in [3.8, 4) is 0 Å². The highest BCUT2D eigenvalue weighted by Gasteiger charge is 2.26. The lowest BCUT2D eigenvalue weighted by Crippen LogP contribution is -2.41. The van der Waals surface area contributed by atoms with Crippen LogP contribution in [0.5, 0.6) is 0 Å². The van der Waals surface area contributed by atoms with Crippen molar-refractivity contribution in [3.63, 3.8) is 0 Å². The SMILES string of the molecule is COC(CC(C)(C)C)CC(C)(C)NO. The Balaban J connectivity index is 4.17. The van der Waals surface area contributed by atoms with Gasteiger partial charge in [0.25, 0.3) is 0 Å². The Hall–Kier alpha value is -0.120. The molecule has 1 unspecified atom stereocenters. The molecule has 0 fully saturated rings. The first kappa shape index (κ1) is 13.9. The molecule has 0 aliphatic carbocycles. The Labute approximate surface area is 87.8 Å². The summed E-state index contributed by atoms with van der Waals surface area (Å²) in [6.07, 6.45) is 1.98. The average Bonchev–Trinajstić information content (AvgIpc) is 2.00. The van der Waals surface area contributed by atoms with Crippen LogP contribution in [0.2, 0.25) is 0 Å². The number of nitrogens with one attached hydrogen (secondary N) is 1. The number of rotatable bonds is 5. The molecule has 0 radical (unpaired) electrons. The smallest absolute Gasteiger partial charge is 0.0594 e. The van der Waals surface area contributed by atoms with Crippen molar-refractivity contribution in [2.75, 3.05) is 7.11 Å². The molecule has 86 valence electrons. The first-order chi connectivity index (χ1) is 6.20. The number of hydrogen-bond acceptors (Lipinski definition) is 3. The van der Waals surface area contributed by atoms with Gasteiger partial charge < -0.3 is 9.94 Å². The normalized spacial score (nSPS) is 15.6. The van der Waals surface area contributed by atoms with Gasteiger partial charge >= 0.3 is 0 Å². The second-order valence-corrected chi connectivity index (χ2v) is 5.82. The van der Waals surface area contributed by atoms with Gasteiger partial charge in [-0.25, -0.2) is 0 Å². The van der Waals surface area contributed by atoms with Crippen molar-refractivity contribution < 1.29 is 9.94 Å². The predicted octanol–water partition coefficient (Wildman–Crippen LogP) is 2.59. The lowest BCUT2D eigenvalue weighted by Gasteiger charge is -2.31. The van der Waals surface area contributed by atoms with Crippen molar-refractivity contribution in [3.05, 3.63) is 0 Å². The number of hydrogen-bond donors (Lipinski definition) is 2. The topological polar surface area (TPSA) is 41.5 Å². The van der Waals surface area contributed by atoms with E-state index in [0.29, 0.717) is 0 Å². The van der Waals surface area contributed by atoms with Crippen LogP contribution in [0.4, 0.5) is 0 Å². The summed E-state index contributed by atoms with van der Waals surface area (Å²) in [5.74, 6) is 0. The fourth-order valence-electron chi connectivity index (χ4n) is 1.54. The van der Waals surface area contributed by atoms with E-state index in [1.54, 1.807) is 7.11 Å². The fourth-order valence-corrected chi connectivity index (χ4v) is 1.54. The molecule has 0 saturated carbocycles. The van der Waals surface area contributed by atoms with E-state index in [9.17, 15) is 0 Å². The van der Waals surface area contributed by atoms with E-state index in [-0.39, 0.29) is 17.1 Å². The van der Waals surface area contributed by atoms with Crippen molar-refractivity contribution in [2.45, 2.75) is 59.1 Å². The third kappa shape index (κ3) is 6.35. The second-order valence-electron chi connectivity index (χ2n) is 5.82. The molecule has 1 atom stereocenters. The number of hydroxylamine groups is 1. The van der Waals surface area contributed by atoms with Gasteiger partial charge in [-0.1, -0.05) is 20.8 Å². The molecule has 0 aromatic heterocycles. The largest absolute Gasteiger partial charge is 0.381 e. The third-order valence-electron chi connectivity index (χ3n) is 2.21. The van der Waals surface area contributed by atoms with Crippen LogP contribution in [0.1, 0.15) is 47.5 Å². The quantitative estimate of drug-likeness (QED) is 0.675. The molecule has 0 heterocycles. The van der Waals surface area contributed by atoms with E-state index in [1.165, 1.54) is 0 Å². The molecule has 0 aromatic rings. The lowest BCUT2D eigenvalue weighted by molar-refractivity contribution is 0.00508. The van der Waals surface area contributed by atoms with Crippen molar-refractivity contribution in [2.24, 2.45) is 5.41 Å². The Bertz CT molecular complexity index is 161. The van der Waals surface area contributed by atoms with E-state index in [1.807, 2.05) is 13.8 Å². The molecule has 0 aliphatic heterocycles. The highest BCUT2D eigenvalue weighted by atomic mass is 16.5. The van der Waals surface area contributed by atoms with Gasteiger partial charge in [-0.2, -0.15) is 5.48 Å². The summed E-state index contributed by atoms with van der Waals surface area (Å²) in [7, 11) is 1.73. The van der Waals surface area contributed by atoms with Crippen LogP contribution >= 0.6 is 0 Å². The zero-order chi connectivity index (χ0) is 11.4. The number of ether oxygens (including phenoxy) is 1. The van der Waals surface area contributed by atoms with Gasteiger partial charge in [-0.15, -0.1) is 0 Å². The summed E-state index contributed by atoms with van der Waals surface area (Å²) >= 11 is 0. The molecule has 14 heavy (non-hydrogen) atoms. The minimum absolute atomic E-state index is 0.185. The highest BCUT2D eigenvalue weighted by Crippen LogP contribution is 2.26. The average molecular weight is 203 g/mol. The van der Waals surface area contributed by atoms with Gasteiger partial charge in [0.05, 0.1) is 6.10 Å². The molecule has 3 nitrogen and oxygen atoms in total. The first-order valence-corrected chi connectivity index (χ1v) is 5.14. The maximum Gasteiger partial charge on any atom is 0.0594 e. The van der Waals surface area contributed by atoms with Crippen molar-refractivity contribution >= 4 is 0 Å². The Morgan fingerprint density at radius 1 is 1.14 bits per heavy atom. The molecular formula is C11H25NO2. The van der Waals surface area contributed by atoms with E-state index < -0.39 is 0 Å². The summed E-state index contributed by atoms with van der Waals surface area (Å²) in [4.78, 5) is 0. The van der Waals surface area contributed by atoms with Crippen LogP contribution in [0.3, 0.4) is 0 Å². The van der Waals surface area contributed by atoms with Crippen LogP contribution in [0.25, 0.3) is 0 Å². The summed E-state index contributed by atoms with van der Waals surface area (Å²) in [6.45, 7) is 10.5. The van der Waals surface area contributed by atoms with Crippen LogP contribution in [-0.4, -0.2) is 24.0 Å². The monoisotopic (exact) mass is 203 g/mol. The molecule has 0 amide bonds. The van der Waals surface area contributed by atoms with E-state index in [4.69, 9.17) is 9.94 Å². The van der Waals surface area contributed by atoms with Crippen molar-refractivity contribution in [1.82, 2.24) is 5.48 Å². The van der Waals surface area contributed by atoms with E-state index in [0.717, 1.165) is 12.8 Å². The Morgan fingerprint density at radius 3 is 1.93 bits per heavy atom. The molecule has 3 heteroatoms. The Kier molecular flexibility index (Phi) is 5.06. The zero-order valence-electron chi connectivity index (χ0n) is 10.3. The van der Waals surface area contributed by atoms with Crippen LogP contribution < -0.4 is 5.48 Å². The molecule has 2 N–H and O–H groups in total. The molecule has 0 rings (SSSR count). The second kappa shape index (κ2) is 5.10. The van der Waals surface area contributed by atoms with E-state index in [2.05, 4.69) is 26.3 Å². The van der Waals surface area contributed by atoms with E-state index >= 15 is 0 Å². The maximum atomic E-state index is 8.93. The standard InChI is InChI=1S/C11H25NO2/c1-10(2,3)7-9(14-6)8-11(4,5)12-13/h9,12-13H,7-8H2,1-6H3. The summed E-state index contributed by atoms with van der Waals surface area (Å²) in [5.41, 5.74) is 2.28. The Morgan fingerprint density at radius 2 is 1.64 bits per heavy atom. The minimum atomic E-state index is -0.286. The summed E-state index contributed by atoms with van der Waals surface area (Å²) in [5, 5.41) is 8.93. The third-order valence-corrected chi connectivity index (χ3v) is 2.21. The lowest BCUT2D eigenvalue weighted by atomic mass is 9.85.